The molecule has 0 saturated carbocycles. The minimum absolute atomic E-state index is 0.0320. The summed E-state index contributed by atoms with van der Waals surface area (Å²) in [5.41, 5.74) is 1.16. The largest absolute Gasteiger partial charge is 0.508 e. The molecule has 3 N–H and O–H groups in total. The maximum absolute atomic E-state index is 13.5. The Kier molecular flexibility index (Phi) is 10.8. The Bertz CT molecular complexity index is 1900. The van der Waals surface area contributed by atoms with E-state index in [2.05, 4.69) is 15.6 Å². The van der Waals surface area contributed by atoms with Crippen molar-refractivity contribution >= 4 is 22.9 Å². The molecule has 12 heteroatoms. The highest BCUT2D eigenvalue weighted by Gasteiger charge is 2.29. The van der Waals surface area contributed by atoms with Crippen LogP contribution in [-0.4, -0.2) is 47.8 Å². The summed E-state index contributed by atoms with van der Waals surface area (Å²) >= 11 is 0. The third-order valence-corrected chi connectivity index (χ3v) is 6.96. The summed E-state index contributed by atoms with van der Waals surface area (Å²) in [6, 6.07) is 19.9. The summed E-state index contributed by atoms with van der Waals surface area (Å²) in [6.45, 7) is 5.50. The summed E-state index contributed by atoms with van der Waals surface area (Å²) in [7, 11) is 3.02. The van der Waals surface area contributed by atoms with E-state index >= 15 is 0 Å². The molecule has 0 aliphatic heterocycles. The van der Waals surface area contributed by atoms with Gasteiger partial charge in [-0.25, -0.2) is 9.37 Å². The highest BCUT2D eigenvalue weighted by atomic mass is 19.4. The summed E-state index contributed by atoms with van der Waals surface area (Å²) in [4.78, 5) is 30.1. The van der Waals surface area contributed by atoms with E-state index in [0.29, 0.717) is 22.3 Å². The minimum atomic E-state index is -4.43. The predicted molar refractivity (Wildman–Crippen MR) is 174 cm³/mol. The van der Waals surface area contributed by atoms with Gasteiger partial charge in [0.25, 0.3) is 11.8 Å². The van der Waals surface area contributed by atoms with Crippen molar-refractivity contribution in [3.63, 3.8) is 0 Å². The summed E-state index contributed by atoms with van der Waals surface area (Å²) in [5, 5.41) is 14.5. The number of furan rings is 1. The van der Waals surface area contributed by atoms with Crippen molar-refractivity contribution < 1.29 is 41.4 Å². The number of aryl methyl sites for hydroxylation is 1. The van der Waals surface area contributed by atoms with Gasteiger partial charge in [-0.15, -0.1) is 0 Å². The number of ether oxygens (including phenoxy) is 1. The van der Waals surface area contributed by atoms with Gasteiger partial charge in [-0.05, 0) is 99.5 Å². The topological polar surface area (TPSA) is 114 Å². The van der Waals surface area contributed by atoms with E-state index in [-0.39, 0.29) is 39.8 Å². The number of fused-ring (bicyclic) bond motifs is 1. The Morgan fingerprint density at radius 3 is 2.17 bits per heavy atom. The number of pyridine rings is 1. The zero-order valence-corrected chi connectivity index (χ0v) is 27.0. The fraction of sp³-hybridized carbons (Fsp3) is 0.250. The third kappa shape index (κ3) is 9.11. The van der Waals surface area contributed by atoms with Crippen LogP contribution < -0.4 is 15.4 Å². The molecule has 0 saturated heterocycles. The maximum atomic E-state index is 13.5. The lowest BCUT2D eigenvalue weighted by Gasteiger charge is -2.20. The van der Waals surface area contributed by atoms with E-state index in [0.717, 1.165) is 5.75 Å². The Morgan fingerprint density at radius 1 is 0.917 bits per heavy atom. The Hall–Kier alpha value is -5.39. The molecule has 3 aromatic carbocycles. The van der Waals surface area contributed by atoms with Crippen molar-refractivity contribution in [2.24, 2.45) is 0 Å². The van der Waals surface area contributed by atoms with Crippen molar-refractivity contribution in [2.45, 2.75) is 45.3 Å². The molecule has 5 rings (SSSR count). The fourth-order valence-corrected chi connectivity index (χ4v) is 4.74. The number of phenols is 1. The van der Waals surface area contributed by atoms with Crippen LogP contribution in [0.25, 0.3) is 33.6 Å². The molecule has 0 unspecified atom stereocenters. The second-order valence-corrected chi connectivity index (χ2v) is 11.8. The number of hydrogen-bond acceptors (Lipinski definition) is 6. The first kappa shape index (κ1) is 35.5. The van der Waals surface area contributed by atoms with E-state index in [1.807, 2.05) is 20.8 Å². The molecule has 2 heterocycles. The van der Waals surface area contributed by atoms with E-state index in [9.17, 15) is 27.2 Å². The Morgan fingerprint density at radius 2 is 1.58 bits per heavy atom. The van der Waals surface area contributed by atoms with Gasteiger partial charge in [-0.1, -0.05) is 12.1 Å². The summed E-state index contributed by atoms with van der Waals surface area (Å²) < 4.78 is 63.9. The van der Waals surface area contributed by atoms with Crippen LogP contribution in [0.3, 0.4) is 0 Å². The normalized spacial score (nSPS) is 11.4. The van der Waals surface area contributed by atoms with Gasteiger partial charge in [0.2, 0.25) is 5.71 Å². The molecule has 8 nitrogen and oxygen atoms in total. The first-order chi connectivity index (χ1) is 22.6. The summed E-state index contributed by atoms with van der Waals surface area (Å²) in [5.74, 6) is -0.218. The Balaban J connectivity index is 0.000000500. The highest BCUT2D eigenvalue weighted by Crippen LogP contribution is 2.37. The number of amides is 2. The number of aromatic nitrogens is 1. The lowest BCUT2D eigenvalue weighted by molar-refractivity contribution is -0.134. The smallest absolute Gasteiger partial charge is 0.389 e. The van der Waals surface area contributed by atoms with Gasteiger partial charge in [-0.3, -0.25) is 9.59 Å². The number of phenolic OH excluding ortho intramolecular Hbond substituents is 1. The molecular weight excluding hydrogens is 630 g/mol. The number of carbonyl (C=O) groups is 2. The minimum Gasteiger partial charge on any atom is -0.508 e. The molecule has 0 bridgehead atoms. The van der Waals surface area contributed by atoms with Crippen LogP contribution in [-0.2, 0) is 6.42 Å². The summed E-state index contributed by atoms with van der Waals surface area (Å²) in [6.07, 6.45) is -6.01. The predicted octanol–water partition coefficient (Wildman–Crippen LogP) is 8.08. The van der Waals surface area contributed by atoms with E-state index in [1.165, 1.54) is 31.3 Å². The average molecular weight is 666 g/mol. The number of nitrogens with zero attached hydrogens (tertiary/aromatic N) is 1. The van der Waals surface area contributed by atoms with Crippen molar-refractivity contribution in [2.75, 3.05) is 14.2 Å². The SMILES string of the molecule is CNC(=O)c1c(-c2ccc(F)cc2)oc2nc(CCC(F)(F)F)c(-c3cccc(C(=O)NC(C)(C)C)c3)cc12.COc1ccc(O)cc1. The third-order valence-electron chi connectivity index (χ3n) is 6.96. The molecule has 0 atom stereocenters. The standard InChI is InChI=1S/C29H27F4N3O3.C7H8O2/c1-28(2,3)36-25(37)18-7-5-6-17(14-18)20-15-21-23(26(38)34-4)24(16-8-10-19(30)11-9-16)39-27(21)35-22(20)12-13-29(31,32)33;1-9-7-4-2-6(8)3-5-7/h5-11,14-15H,12-13H2,1-4H3,(H,34,38)(H,36,37);2-5,8H,1H3. The maximum Gasteiger partial charge on any atom is 0.389 e. The number of hydrogen-bond donors (Lipinski definition) is 3. The number of rotatable bonds is 7. The second kappa shape index (κ2) is 14.6. The lowest BCUT2D eigenvalue weighted by atomic mass is 9.96. The first-order valence-corrected chi connectivity index (χ1v) is 14.9. The zero-order valence-electron chi connectivity index (χ0n) is 27.0. The number of benzene rings is 3. The van der Waals surface area contributed by atoms with Crippen LogP contribution in [0.5, 0.6) is 11.5 Å². The van der Waals surface area contributed by atoms with Gasteiger partial charge in [0, 0.05) is 35.7 Å². The quantitative estimate of drug-likeness (QED) is 0.152. The number of halogens is 4. The molecule has 48 heavy (non-hydrogen) atoms. The van der Waals surface area contributed by atoms with Crippen LogP contribution >= 0.6 is 0 Å². The van der Waals surface area contributed by atoms with Crippen molar-refractivity contribution in [1.82, 2.24) is 15.6 Å². The van der Waals surface area contributed by atoms with Gasteiger partial charge in [0.15, 0.2) is 0 Å². The number of nitrogens with one attached hydrogen (secondary N) is 2. The van der Waals surface area contributed by atoms with E-state index in [4.69, 9.17) is 14.3 Å². The van der Waals surface area contributed by atoms with Crippen LogP contribution in [0, 0.1) is 5.82 Å². The molecule has 5 aromatic rings. The molecule has 0 aliphatic rings. The molecule has 2 amide bonds. The molecule has 0 radical (unpaired) electrons. The fourth-order valence-electron chi connectivity index (χ4n) is 4.74. The van der Waals surface area contributed by atoms with Crippen LogP contribution in [0.15, 0.2) is 83.3 Å². The molecule has 0 spiro atoms. The number of aromatic hydroxyl groups is 1. The number of methoxy groups -OCH3 is 1. The molecule has 0 aliphatic carbocycles. The molecular formula is C36H35F4N3O5. The van der Waals surface area contributed by atoms with Crippen molar-refractivity contribution in [3.05, 3.63) is 102 Å². The molecule has 2 aromatic heterocycles. The van der Waals surface area contributed by atoms with Gasteiger partial charge in [0.1, 0.15) is 23.1 Å². The molecule has 0 fully saturated rings. The second-order valence-electron chi connectivity index (χ2n) is 11.8. The number of alkyl halides is 3. The van der Waals surface area contributed by atoms with E-state index in [1.54, 1.807) is 61.7 Å². The van der Waals surface area contributed by atoms with E-state index < -0.39 is 36.3 Å². The highest BCUT2D eigenvalue weighted by molar-refractivity contribution is 6.11. The van der Waals surface area contributed by atoms with Gasteiger partial charge in [-0.2, -0.15) is 13.2 Å². The van der Waals surface area contributed by atoms with Crippen LogP contribution in [0.1, 0.15) is 53.6 Å². The van der Waals surface area contributed by atoms with Gasteiger partial charge >= 0.3 is 6.18 Å². The van der Waals surface area contributed by atoms with Crippen molar-refractivity contribution in [3.8, 4) is 33.9 Å². The van der Waals surface area contributed by atoms with Gasteiger partial charge < -0.3 is 24.9 Å². The number of carbonyl (C=O) groups excluding carboxylic acids is 2. The monoisotopic (exact) mass is 665 g/mol. The van der Waals surface area contributed by atoms with Gasteiger partial charge in [0.05, 0.1) is 23.8 Å². The lowest BCUT2D eigenvalue weighted by Crippen LogP contribution is -2.40. The first-order valence-electron chi connectivity index (χ1n) is 14.9. The molecule has 252 valence electrons. The van der Waals surface area contributed by atoms with Crippen molar-refractivity contribution in [1.29, 1.82) is 0 Å². The van der Waals surface area contributed by atoms with Crippen LogP contribution in [0.2, 0.25) is 0 Å². The Labute approximate surface area is 274 Å². The zero-order chi connectivity index (χ0) is 35.2. The van der Waals surface area contributed by atoms with Crippen LogP contribution in [0.4, 0.5) is 17.6 Å². The average Bonchev–Trinajstić information content (AvgIpc) is 3.41.